The van der Waals surface area contributed by atoms with Gasteiger partial charge in [0.25, 0.3) is 0 Å². The maximum atomic E-state index is 12.4. The zero-order valence-corrected chi connectivity index (χ0v) is 19.4. The number of carbonyl (C=O) groups is 1. The number of benzene rings is 2. The fourth-order valence-electron chi connectivity index (χ4n) is 3.69. The fraction of sp³-hybridized carbons (Fsp3) is 0.348. The number of nitrogens with zero attached hydrogens (tertiary/aromatic N) is 3. The highest BCUT2D eigenvalue weighted by atomic mass is 35.5. The molecule has 168 valence electrons. The Labute approximate surface area is 196 Å². The van der Waals surface area contributed by atoms with E-state index in [-0.39, 0.29) is 18.3 Å². The van der Waals surface area contributed by atoms with Crippen molar-refractivity contribution in [3.63, 3.8) is 0 Å². The van der Waals surface area contributed by atoms with Gasteiger partial charge in [0.15, 0.2) is 11.0 Å². The summed E-state index contributed by atoms with van der Waals surface area (Å²) in [5.41, 5.74) is 0.786. The second kappa shape index (κ2) is 10.7. The van der Waals surface area contributed by atoms with Crippen LogP contribution >= 0.6 is 23.4 Å². The fourth-order valence-corrected chi connectivity index (χ4v) is 4.59. The molecule has 3 aromatic rings. The first-order valence-corrected chi connectivity index (χ1v) is 11.9. The van der Waals surface area contributed by atoms with Gasteiger partial charge in [0.1, 0.15) is 18.1 Å². The maximum Gasteiger partial charge on any atom is 0.230 e. The summed E-state index contributed by atoms with van der Waals surface area (Å²) in [4.78, 5) is 12.4. The van der Waals surface area contributed by atoms with Crippen LogP contribution in [0.5, 0.6) is 11.5 Å². The van der Waals surface area contributed by atoms with Gasteiger partial charge in [0.2, 0.25) is 5.91 Å². The minimum Gasteiger partial charge on any atom is -0.495 e. The highest BCUT2D eigenvalue weighted by Gasteiger charge is 2.21. The van der Waals surface area contributed by atoms with Crippen molar-refractivity contribution >= 4 is 29.3 Å². The van der Waals surface area contributed by atoms with Crippen LogP contribution in [0.1, 0.15) is 31.5 Å². The van der Waals surface area contributed by atoms with Gasteiger partial charge in [-0.25, -0.2) is 0 Å². The number of thioether (sulfide) groups is 1. The minimum atomic E-state index is 0.00967. The van der Waals surface area contributed by atoms with Crippen LogP contribution in [-0.4, -0.2) is 39.6 Å². The topological polar surface area (TPSA) is 78.3 Å². The second-order valence-corrected chi connectivity index (χ2v) is 8.87. The number of halogens is 1. The van der Waals surface area contributed by atoms with Crippen LogP contribution < -0.4 is 14.8 Å². The molecule has 4 rings (SSSR count). The zero-order chi connectivity index (χ0) is 22.3. The first-order valence-electron chi connectivity index (χ1n) is 10.5. The molecule has 1 amide bonds. The monoisotopic (exact) mass is 472 g/mol. The smallest absolute Gasteiger partial charge is 0.230 e. The molecule has 2 aromatic carbocycles. The summed E-state index contributed by atoms with van der Waals surface area (Å²) < 4.78 is 13.3. The molecule has 1 aliphatic rings. The summed E-state index contributed by atoms with van der Waals surface area (Å²) >= 11 is 7.30. The van der Waals surface area contributed by atoms with Crippen LogP contribution in [0.2, 0.25) is 5.02 Å². The lowest BCUT2D eigenvalue weighted by atomic mass is 10.2. The lowest BCUT2D eigenvalue weighted by Crippen LogP contribution is -2.33. The van der Waals surface area contributed by atoms with Crippen LogP contribution in [0.4, 0.5) is 0 Å². The van der Waals surface area contributed by atoms with Crippen molar-refractivity contribution in [2.45, 2.75) is 43.5 Å². The van der Waals surface area contributed by atoms with Crippen LogP contribution in [0, 0.1) is 0 Å². The summed E-state index contributed by atoms with van der Waals surface area (Å²) in [6.07, 6.45) is 4.47. The number of aromatic nitrogens is 3. The van der Waals surface area contributed by atoms with E-state index in [0.29, 0.717) is 33.5 Å². The number of carbonyl (C=O) groups excluding carboxylic acids is 1. The summed E-state index contributed by atoms with van der Waals surface area (Å²) in [6.45, 7) is 0.196. The third-order valence-corrected chi connectivity index (χ3v) is 6.44. The Hall–Kier alpha value is -2.71. The van der Waals surface area contributed by atoms with Gasteiger partial charge in [0.05, 0.1) is 18.6 Å². The number of hydrogen-bond donors (Lipinski definition) is 1. The van der Waals surface area contributed by atoms with Crippen molar-refractivity contribution in [3.8, 4) is 17.2 Å². The van der Waals surface area contributed by atoms with Gasteiger partial charge in [-0.3, -0.25) is 9.36 Å². The molecule has 7 nitrogen and oxygen atoms in total. The van der Waals surface area contributed by atoms with E-state index in [0.717, 1.165) is 18.5 Å². The third kappa shape index (κ3) is 5.55. The zero-order valence-electron chi connectivity index (χ0n) is 17.8. The molecule has 1 N–H and O–H groups in total. The number of ether oxygens (including phenoxy) is 2. The van der Waals surface area contributed by atoms with Gasteiger partial charge < -0.3 is 14.8 Å². The molecule has 0 spiro atoms. The summed E-state index contributed by atoms with van der Waals surface area (Å²) in [5, 5.41) is 13.0. The van der Waals surface area contributed by atoms with E-state index in [1.165, 1.54) is 24.6 Å². The van der Waals surface area contributed by atoms with Crippen molar-refractivity contribution in [3.05, 3.63) is 59.4 Å². The predicted octanol–water partition coefficient (Wildman–Crippen LogP) is 4.66. The molecule has 1 fully saturated rings. The number of hydrogen-bond acceptors (Lipinski definition) is 6. The molecule has 0 bridgehead atoms. The molecule has 9 heteroatoms. The van der Waals surface area contributed by atoms with E-state index in [1.807, 2.05) is 28.8 Å². The van der Waals surface area contributed by atoms with Crippen LogP contribution in [0.25, 0.3) is 5.69 Å². The molecule has 0 radical (unpaired) electrons. The Bertz CT molecular complexity index is 1050. The van der Waals surface area contributed by atoms with Crippen LogP contribution in [0.15, 0.2) is 53.7 Å². The Morgan fingerprint density at radius 3 is 2.66 bits per heavy atom. The average molecular weight is 473 g/mol. The number of rotatable bonds is 9. The molecule has 0 aliphatic heterocycles. The first-order chi connectivity index (χ1) is 15.6. The molecule has 0 saturated heterocycles. The molecule has 32 heavy (non-hydrogen) atoms. The van der Waals surface area contributed by atoms with E-state index in [2.05, 4.69) is 15.5 Å². The number of amides is 1. The van der Waals surface area contributed by atoms with Crippen molar-refractivity contribution in [1.29, 1.82) is 0 Å². The van der Waals surface area contributed by atoms with Crippen LogP contribution in [-0.2, 0) is 11.4 Å². The van der Waals surface area contributed by atoms with Gasteiger partial charge >= 0.3 is 0 Å². The molecule has 1 heterocycles. The number of methoxy groups -OCH3 is 1. The molecule has 0 unspecified atom stereocenters. The van der Waals surface area contributed by atoms with Gasteiger partial charge in [-0.2, -0.15) is 0 Å². The second-order valence-electron chi connectivity index (χ2n) is 7.49. The van der Waals surface area contributed by atoms with Gasteiger partial charge in [-0.1, -0.05) is 48.3 Å². The largest absolute Gasteiger partial charge is 0.495 e. The van der Waals surface area contributed by atoms with Gasteiger partial charge in [-0.05, 0) is 49.2 Å². The van der Waals surface area contributed by atoms with Gasteiger partial charge in [0, 0.05) is 11.1 Å². The van der Waals surface area contributed by atoms with E-state index >= 15 is 0 Å². The van der Waals surface area contributed by atoms with Crippen LogP contribution in [0.3, 0.4) is 0 Å². The predicted molar refractivity (Wildman–Crippen MR) is 125 cm³/mol. The van der Waals surface area contributed by atoms with E-state index in [9.17, 15) is 4.79 Å². The van der Waals surface area contributed by atoms with Crippen molar-refractivity contribution in [2.24, 2.45) is 0 Å². The summed E-state index contributed by atoms with van der Waals surface area (Å²) in [7, 11) is 1.62. The third-order valence-electron chi connectivity index (χ3n) is 5.26. The minimum absolute atomic E-state index is 0.00967. The van der Waals surface area contributed by atoms with Crippen molar-refractivity contribution in [2.75, 3.05) is 12.9 Å². The van der Waals surface area contributed by atoms with Crippen molar-refractivity contribution < 1.29 is 14.3 Å². The highest BCUT2D eigenvalue weighted by molar-refractivity contribution is 7.99. The van der Waals surface area contributed by atoms with E-state index < -0.39 is 0 Å². The van der Waals surface area contributed by atoms with Gasteiger partial charge in [-0.15, -0.1) is 10.2 Å². The first kappa shape index (κ1) is 22.5. The number of nitrogens with one attached hydrogen (secondary N) is 1. The van der Waals surface area contributed by atoms with E-state index in [1.54, 1.807) is 31.4 Å². The Morgan fingerprint density at radius 2 is 1.91 bits per heavy atom. The Kier molecular flexibility index (Phi) is 7.55. The average Bonchev–Trinajstić information content (AvgIpc) is 3.47. The molecular formula is C23H25ClN4O3S. The lowest BCUT2D eigenvalue weighted by Gasteiger charge is -2.15. The Morgan fingerprint density at radius 1 is 1.16 bits per heavy atom. The summed E-state index contributed by atoms with van der Waals surface area (Å²) in [5.74, 6) is 2.23. The lowest BCUT2D eigenvalue weighted by molar-refractivity contribution is -0.119. The number of para-hydroxylation sites is 2. The Balaban J connectivity index is 1.53. The van der Waals surface area contributed by atoms with E-state index in [4.69, 9.17) is 21.1 Å². The van der Waals surface area contributed by atoms with Crippen molar-refractivity contribution in [1.82, 2.24) is 20.1 Å². The SMILES string of the molecule is COc1ccccc1-n1c(COc2ccc(Cl)cc2)nnc1SCC(=O)NC1CCCC1. The normalized spacial score (nSPS) is 13.8. The maximum absolute atomic E-state index is 12.4. The standard InChI is InChI=1S/C23H25ClN4O3S/c1-30-20-9-5-4-8-19(20)28-21(14-31-18-12-10-16(24)11-13-18)26-27-23(28)32-15-22(29)25-17-6-2-3-7-17/h4-5,8-13,17H,2-3,6-7,14-15H2,1H3,(H,25,29). The molecule has 1 aromatic heterocycles. The quantitative estimate of drug-likeness (QED) is 0.456. The molecular weight excluding hydrogens is 448 g/mol. The molecule has 1 aliphatic carbocycles. The summed E-state index contributed by atoms with van der Waals surface area (Å²) in [6, 6.07) is 15.1. The molecule has 0 atom stereocenters. The molecule has 1 saturated carbocycles. The highest BCUT2D eigenvalue weighted by Crippen LogP contribution is 2.29.